The second kappa shape index (κ2) is 11.6. The molecule has 3 aromatic carbocycles. The molecule has 0 aromatic heterocycles. The first-order valence-corrected chi connectivity index (χ1v) is 13.0. The second-order valence-electron chi connectivity index (χ2n) is 8.78. The van der Waals surface area contributed by atoms with E-state index in [-0.39, 0.29) is 16.9 Å². The summed E-state index contributed by atoms with van der Waals surface area (Å²) < 4.78 is 12.6. The van der Waals surface area contributed by atoms with Gasteiger partial charge in [-0.1, -0.05) is 29.3 Å². The third-order valence-corrected chi connectivity index (χ3v) is 6.53. The first-order valence-electron chi connectivity index (χ1n) is 11.9. The lowest BCUT2D eigenvalue weighted by Gasteiger charge is -2.26. The number of halogens is 1. The number of nitro benzene ring substituents is 1. The van der Waals surface area contributed by atoms with Gasteiger partial charge in [0.25, 0.3) is 17.5 Å². The van der Waals surface area contributed by atoms with Crippen LogP contribution >= 0.6 is 22.6 Å². The first-order chi connectivity index (χ1) is 18.6. The number of ether oxygens (including phenoxy) is 2. The monoisotopic (exact) mass is 641 g/mol. The Hall–Kier alpha value is -4.26. The maximum absolute atomic E-state index is 13.2. The number of rotatable bonds is 8. The molecule has 1 aliphatic heterocycles. The lowest BCUT2D eigenvalue weighted by atomic mass is 10.1. The van der Waals surface area contributed by atoms with Crippen LogP contribution in [-0.2, 0) is 16.2 Å². The Morgan fingerprint density at radius 3 is 2.28 bits per heavy atom. The molecule has 200 valence electrons. The molecule has 11 heteroatoms. The molecule has 0 atom stereocenters. The number of carbonyl (C=O) groups is 3. The number of amides is 4. The van der Waals surface area contributed by atoms with E-state index in [1.165, 1.54) is 30.3 Å². The van der Waals surface area contributed by atoms with Crippen LogP contribution < -0.4 is 19.7 Å². The number of anilines is 1. The normalized spacial score (nSPS) is 14.4. The fourth-order valence-corrected chi connectivity index (χ4v) is 4.95. The first kappa shape index (κ1) is 27.8. The van der Waals surface area contributed by atoms with Gasteiger partial charge < -0.3 is 9.47 Å². The van der Waals surface area contributed by atoms with Gasteiger partial charge in [-0.2, -0.15) is 0 Å². The summed E-state index contributed by atoms with van der Waals surface area (Å²) in [5, 5.41) is 13.1. The molecule has 1 aliphatic rings. The van der Waals surface area contributed by atoms with Crippen molar-refractivity contribution in [2.45, 2.75) is 27.4 Å². The molecule has 1 fully saturated rings. The zero-order chi connectivity index (χ0) is 28.3. The Labute approximate surface area is 237 Å². The fourth-order valence-electron chi connectivity index (χ4n) is 4.16. The number of barbiturate groups is 1. The van der Waals surface area contributed by atoms with Crippen LogP contribution in [0.25, 0.3) is 6.08 Å². The molecule has 0 bridgehead atoms. The summed E-state index contributed by atoms with van der Waals surface area (Å²) in [5.41, 5.74) is 3.36. The van der Waals surface area contributed by atoms with E-state index < -0.39 is 22.8 Å². The van der Waals surface area contributed by atoms with Crippen LogP contribution in [0.15, 0.2) is 60.2 Å². The number of nitrogens with zero attached hydrogens (tertiary/aromatic N) is 2. The molecule has 3 aromatic rings. The summed E-state index contributed by atoms with van der Waals surface area (Å²) >= 11 is 2.10. The van der Waals surface area contributed by atoms with Gasteiger partial charge in [-0.25, -0.2) is 9.69 Å². The van der Waals surface area contributed by atoms with Crippen LogP contribution in [0.5, 0.6) is 11.5 Å². The van der Waals surface area contributed by atoms with Gasteiger partial charge in [0.15, 0.2) is 11.5 Å². The van der Waals surface area contributed by atoms with E-state index in [0.29, 0.717) is 33.8 Å². The highest BCUT2D eigenvalue weighted by Gasteiger charge is 2.37. The summed E-state index contributed by atoms with van der Waals surface area (Å²) in [6.07, 6.45) is 1.36. The fraction of sp³-hybridized carbons (Fsp3) is 0.179. The van der Waals surface area contributed by atoms with Crippen molar-refractivity contribution in [2.75, 3.05) is 11.5 Å². The number of carbonyl (C=O) groups excluding carboxylic acids is 3. The Morgan fingerprint density at radius 2 is 1.67 bits per heavy atom. The van der Waals surface area contributed by atoms with Crippen LogP contribution in [0, 0.1) is 27.5 Å². The van der Waals surface area contributed by atoms with Gasteiger partial charge in [0.1, 0.15) is 12.2 Å². The number of urea groups is 1. The van der Waals surface area contributed by atoms with Crippen molar-refractivity contribution in [1.82, 2.24) is 5.32 Å². The molecular formula is C28H24IN3O7. The molecular weight excluding hydrogens is 617 g/mol. The van der Waals surface area contributed by atoms with Gasteiger partial charge in [-0.05, 0) is 84.8 Å². The van der Waals surface area contributed by atoms with E-state index in [1.54, 1.807) is 12.1 Å². The minimum Gasteiger partial charge on any atom is -0.490 e. The highest BCUT2D eigenvalue weighted by atomic mass is 127. The molecule has 1 heterocycles. The molecule has 0 spiro atoms. The molecule has 0 unspecified atom stereocenters. The van der Waals surface area contributed by atoms with Crippen molar-refractivity contribution >= 4 is 57.9 Å². The van der Waals surface area contributed by atoms with E-state index >= 15 is 0 Å². The van der Waals surface area contributed by atoms with Crippen molar-refractivity contribution in [3.8, 4) is 11.5 Å². The number of nitro groups is 1. The smallest absolute Gasteiger partial charge is 0.335 e. The zero-order valence-corrected chi connectivity index (χ0v) is 23.5. The SMILES string of the molecule is CCOc1cc(/C=C2\C(=O)NC(=O)N(c3ccc([N+](=O)[O-])cc3)C2=O)cc(I)c1OCc1cc(C)cc(C)c1. The summed E-state index contributed by atoms with van der Waals surface area (Å²) in [7, 11) is 0. The average molecular weight is 641 g/mol. The van der Waals surface area contributed by atoms with Gasteiger partial charge in [0.2, 0.25) is 0 Å². The molecule has 0 saturated carbocycles. The summed E-state index contributed by atoms with van der Waals surface area (Å²) in [5.74, 6) is -0.750. The topological polar surface area (TPSA) is 128 Å². The maximum Gasteiger partial charge on any atom is 0.335 e. The third kappa shape index (κ3) is 6.25. The van der Waals surface area contributed by atoms with Crippen molar-refractivity contribution < 1.29 is 28.8 Å². The average Bonchev–Trinajstić information content (AvgIpc) is 2.86. The molecule has 4 rings (SSSR count). The number of non-ortho nitro benzene ring substituents is 1. The minimum absolute atomic E-state index is 0.0845. The molecule has 10 nitrogen and oxygen atoms in total. The lowest BCUT2D eigenvalue weighted by Crippen LogP contribution is -2.54. The van der Waals surface area contributed by atoms with Crippen molar-refractivity contribution in [2.24, 2.45) is 0 Å². The lowest BCUT2D eigenvalue weighted by molar-refractivity contribution is -0.384. The van der Waals surface area contributed by atoms with E-state index in [4.69, 9.17) is 9.47 Å². The Morgan fingerprint density at radius 1 is 1.00 bits per heavy atom. The Balaban J connectivity index is 1.65. The Kier molecular flexibility index (Phi) is 8.29. The molecule has 0 aliphatic carbocycles. The van der Waals surface area contributed by atoms with E-state index in [0.717, 1.165) is 21.6 Å². The summed E-state index contributed by atoms with van der Waals surface area (Å²) in [6.45, 7) is 6.56. The van der Waals surface area contributed by atoms with Crippen LogP contribution in [-0.4, -0.2) is 29.4 Å². The number of hydrogen-bond acceptors (Lipinski definition) is 7. The van der Waals surface area contributed by atoms with Gasteiger partial charge in [0.05, 0.1) is 20.8 Å². The highest BCUT2D eigenvalue weighted by Crippen LogP contribution is 2.36. The van der Waals surface area contributed by atoms with E-state index in [1.807, 2.05) is 32.9 Å². The number of hydrogen-bond donors (Lipinski definition) is 1. The van der Waals surface area contributed by atoms with Crippen LogP contribution in [0.4, 0.5) is 16.2 Å². The van der Waals surface area contributed by atoms with Crippen LogP contribution in [0.2, 0.25) is 0 Å². The Bertz CT molecular complexity index is 1500. The van der Waals surface area contributed by atoms with Crippen molar-refractivity contribution in [3.63, 3.8) is 0 Å². The van der Waals surface area contributed by atoms with Gasteiger partial charge in [0, 0.05) is 12.1 Å². The standard InChI is InChI=1S/C28H24IN3O7/c1-4-38-24-14-18(13-23(29)25(24)39-15-19-10-16(2)9-17(3)11-19)12-22-26(33)30-28(35)31(27(22)34)20-5-7-21(8-6-20)32(36)37/h5-14H,4,15H2,1-3H3,(H,30,33,35)/b22-12+. The maximum atomic E-state index is 13.2. The number of nitrogens with one attached hydrogen (secondary N) is 1. The van der Waals surface area contributed by atoms with Crippen LogP contribution in [0.1, 0.15) is 29.2 Å². The predicted molar refractivity (Wildman–Crippen MR) is 153 cm³/mol. The largest absolute Gasteiger partial charge is 0.490 e. The van der Waals surface area contributed by atoms with Gasteiger partial charge in [-0.15, -0.1) is 0 Å². The van der Waals surface area contributed by atoms with Crippen LogP contribution in [0.3, 0.4) is 0 Å². The summed E-state index contributed by atoms with van der Waals surface area (Å²) in [4.78, 5) is 49.4. The van der Waals surface area contributed by atoms with Gasteiger partial charge in [-0.3, -0.25) is 25.0 Å². The van der Waals surface area contributed by atoms with Crippen molar-refractivity contribution in [3.05, 3.63) is 96.1 Å². The minimum atomic E-state index is -0.948. The quantitative estimate of drug-likeness (QED) is 0.114. The molecule has 1 saturated heterocycles. The highest BCUT2D eigenvalue weighted by molar-refractivity contribution is 14.1. The number of imide groups is 2. The predicted octanol–water partition coefficient (Wildman–Crippen LogP) is 5.46. The molecule has 0 radical (unpaired) electrons. The van der Waals surface area contributed by atoms with Gasteiger partial charge >= 0.3 is 6.03 Å². The second-order valence-corrected chi connectivity index (χ2v) is 9.94. The van der Waals surface area contributed by atoms with Crippen molar-refractivity contribution in [1.29, 1.82) is 0 Å². The number of benzene rings is 3. The van der Waals surface area contributed by atoms with E-state index in [2.05, 4.69) is 34.0 Å². The molecule has 4 amide bonds. The zero-order valence-electron chi connectivity index (χ0n) is 21.3. The summed E-state index contributed by atoms with van der Waals surface area (Å²) in [6, 6.07) is 13.5. The van der Waals surface area contributed by atoms with E-state index in [9.17, 15) is 24.5 Å². The molecule has 39 heavy (non-hydrogen) atoms. The molecule has 1 N–H and O–H groups in total. The third-order valence-electron chi connectivity index (χ3n) is 5.73. The number of aryl methyl sites for hydroxylation is 2.